The fraction of sp³-hybridized carbons (Fsp3) is 0.348. The second kappa shape index (κ2) is 7.61. The molecule has 1 amide bonds. The maximum Gasteiger partial charge on any atom is 0.288 e. The van der Waals surface area contributed by atoms with Gasteiger partial charge in [-0.05, 0) is 70.8 Å². The number of pyridine rings is 1. The van der Waals surface area contributed by atoms with Gasteiger partial charge in [-0.25, -0.2) is 9.37 Å². The molecule has 2 aliphatic carbocycles. The van der Waals surface area contributed by atoms with E-state index in [4.69, 9.17) is 0 Å². The number of amidine groups is 1. The van der Waals surface area contributed by atoms with Gasteiger partial charge in [0.05, 0.1) is 0 Å². The Labute approximate surface area is 203 Å². The molecule has 2 aromatic rings. The topological polar surface area (TPSA) is 112 Å². The lowest BCUT2D eigenvalue weighted by atomic mass is 9.77. The van der Waals surface area contributed by atoms with Crippen LogP contribution in [0.2, 0.25) is 0 Å². The third kappa shape index (κ3) is 3.28. The molecule has 176 valence electrons. The minimum Gasteiger partial charge on any atom is -0.511 e. The number of hydrogen-bond donors (Lipinski definition) is 2. The highest BCUT2D eigenvalue weighted by Gasteiger charge is 2.57. The summed E-state index contributed by atoms with van der Waals surface area (Å²) in [5.41, 5.74) is 0.606. The summed E-state index contributed by atoms with van der Waals surface area (Å²) in [5, 5.41) is 14.2. The van der Waals surface area contributed by atoms with E-state index < -0.39 is 15.9 Å². The molecule has 4 atom stereocenters. The van der Waals surface area contributed by atoms with Crippen LogP contribution in [0.25, 0.3) is 0 Å². The summed E-state index contributed by atoms with van der Waals surface area (Å²) >= 11 is 3.21. The predicted molar refractivity (Wildman–Crippen MR) is 125 cm³/mol. The highest BCUT2D eigenvalue weighted by Crippen LogP contribution is 2.55. The lowest BCUT2D eigenvalue weighted by Crippen LogP contribution is -2.53. The fourth-order valence-electron chi connectivity index (χ4n) is 5.96. The Morgan fingerprint density at radius 1 is 1.21 bits per heavy atom. The first-order valence-electron chi connectivity index (χ1n) is 11.0. The summed E-state index contributed by atoms with van der Waals surface area (Å²) in [6, 6.07) is 7.13. The van der Waals surface area contributed by atoms with E-state index in [1.54, 1.807) is 17.0 Å². The minimum absolute atomic E-state index is 0.0430. The molecular weight excluding hydrogens is 527 g/mol. The smallest absolute Gasteiger partial charge is 0.288 e. The summed E-state index contributed by atoms with van der Waals surface area (Å²) in [4.78, 5) is 19.5. The number of aliphatic hydroxyl groups excluding tert-OH is 1. The normalized spacial score (nSPS) is 28.9. The number of anilines is 1. The molecule has 2 unspecified atom stereocenters. The number of hydrogen-bond acceptors (Lipinski definition) is 6. The summed E-state index contributed by atoms with van der Waals surface area (Å²) in [6.45, 7) is 0.224. The Hall–Kier alpha value is -2.79. The number of rotatable bonds is 3. The molecule has 0 saturated heterocycles. The number of aliphatic hydroxyl groups is 1. The van der Waals surface area contributed by atoms with Crippen LogP contribution in [0.4, 0.5) is 10.2 Å². The van der Waals surface area contributed by atoms with Gasteiger partial charge in [-0.2, -0.15) is 8.42 Å². The van der Waals surface area contributed by atoms with Crippen LogP contribution in [-0.4, -0.2) is 41.2 Å². The van der Waals surface area contributed by atoms with Crippen molar-refractivity contribution in [2.24, 2.45) is 22.2 Å². The van der Waals surface area contributed by atoms with Crippen LogP contribution in [0.3, 0.4) is 0 Å². The van der Waals surface area contributed by atoms with E-state index >= 15 is 0 Å². The summed E-state index contributed by atoms with van der Waals surface area (Å²) < 4.78 is 43.6. The Kier molecular flexibility index (Phi) is 4.86. The summed E-state index contributed by atoms with van der Waals surface area (Å²) in [5.74, 6) is -0.996. The number of carbonyl (C=O) groups excluding carboxylic acids is 1. The zero-order valence-corrected chi connectivity index (χ0v) is 20.2. The number of nitrogens with one attached hydrogen (secondary N) is 1. The van der Waals surface area contributed by atoms with Crippen molar-refractivity contribution in [1.29, 1.82) is 0 Å². The van der Waals surface area contributed by atoms with Crippen LogP contribution in [0.5, 0.6) is 0 Å². The van der Waals surface area contributed by atoms with Gasteiger partial charge in [0.25, 0.3) is 15.9 Å². The first-order valence-corrected chi connectivity index (χ1v) is 13.2. The van der Waals surface area contributed by atoms with Crippen molar-refractivity contribution in [3.8, 4) is 0 Å². The average Bonchev–Trinajstić information content (AvgIpc) is 3.40. The van der Waals surface area contributed by atoms with Crippen LogP contribution in [-0.2, 0) is 21.4 Å². The molecule has 6 rings (SSSR count). The lowest BCUT2D eigenvalue weighted by Gasteiger charge is -2.44. The van der Waals surface area contributed by atoms with Crippen LogP contribution in [0.15, 0.2) is 61.6 Å². The van der Waals surface area contributed by atoms with Crippen molar-refractivity contribution in [3.05, 3.63) is 63.7 Å². The van der Waals surface area contributed by atoms with Gasteiger partial charge >= 0.3 is 0 Å². The number of sulfonamides is 1. The van der Waals surface area contributed by atoms with E-state index in [9.17, 15) is 22.7 Å². The molecule has 4 aliphatic rings. The largest absolute Gasteiger partial charge is 0.511 e. The Morgan fingerprint density at radius 3 is 2.71 bits per heavy atom. The quantitative estimate of drug-likeness (QED) is 0.606. The van der Waals surface area contributed by atoms with Crippen molar-refractivity contribution in [2.75, 3.05) is 5.32 Å². The van der Waals surface area contributed by atoms with E-state index in [1.807, 2.05) is 0 Å². The molecule has 2 saturated carbocycles. The molecule has 1 aromatic heterocycles. The molecule has 2 aliphatic heterocycles. The lowest BCUT2D eigenvalue weighted by molar-refractivity contribution is -0.134. The molecule has 1 aromatic carbocycles. The van der Waals surface area contributed by atoms with Gasteiger partial charge in [0.1, 0.15) is 22.0 Å². The van der Waals surface area contributed by atoms with Gasteiger partial charge in [0, 0.05) is 29.2 Å². The molecule has 2 bridgehead atoms. The van der Waals surface area contributed by atoms with Gasteiger partial charge in [0.2, 0.25) is 0 Å². The van der Waals surface area contributed by atoms with Crippen LogP contribution < -0.4 is 5.32 Å². The van der Waals surface area contributed by atoms with E-state index in [0.29, 0.717) is 4.47 Å². The van der Waals surface area contributed by atoms with Crippen molar-refractivity contribution < 1.29 is 22.7 Å². The second-order valence-electron chi connectivity index (χ2n) is 9.21. The minimum atomic E-state index is -4.15. The third-order valence-electron chi connectivity index (χ3n) is 7.33. The van der Waals surface area contributed by atoms with Crippen LogP contribution in [0, 0.1) is 23.6 Å². The number of carbonyl (C=O) groups is 1. The maximum absolute atomic E-state index is 13.8. The molecule has 2 N–H and O–H groups in total. The number of aromatic nitrogens is 1. The summed E-state index contributed by atoms with van der Waals surface area (Å²) in [6.07, 6.45) is 4.25. The number of benzene rings is 1. The summed E-state index contributed by atoms with van der Waals surface area (Å²) in [7, 11) is -4.15. The zero-order chi connectivity index (χ0) is 23.8. The monoisotopic (exact) mass is 546 g/mol. The zero-order valence-electron chi connectivity index (χ0n) is 17.8. The highest BCUT2D eigenvalue weighted by molar-refractivity contribution is 9.10. The predicted octanol–water partition coefficient (Wildman–Crippen LogP) is 3.77. The molecule has 3 heterocycles. The van der Waals surface area contributed by atoms with Gasteiger partial charge in [0.15, 0.2) is 11.7 Å². The van der Waals surface area contributed by atoms with Crippen molar-refractivity contribution in [1.82, 2.24) is 9.88 Å². The first-order chi connectivity index (χ1) is 16.2. The molecule has 34 heavy (non-hydrogen) atoms. The van der Waals surface area contributed by atoms with Crippen LogP contribution >= 0.6 is 15.9 Å². The van der Waals surface area contributed by atoms with Crippen molar-refractivity contribution in [2.45, 2.75) is 36.7 Å². The Morgan fingerprint density at radius 2 is 1.94 bits per heavy atom. The van der Waals surface area contributed by atoms with Crippen molar-refractivity contribution >= 4 is 43.5 Å². The fourth-order valence-corrected chi connectivity index (χ4v) is 7.54. The standard InChI is InChI=1S/C23H20BrFN4O4S/c24-14-8-16-21(26-9-14)27-22(28-34(16,32)33)18-20(30)17-12-3-4-13(7-12)19(17)29(23(18)31)10-11-1-5-15(25)6-2-11/h1-2,5-6,8-9,12-13,17,19,30H,3-4,7,10H2,(H,26,27,28)/t12-,13+,17?,19?/m1/s1. The van der Waals surface area contributed by atoms with E-state index in [0.717, 1.165) is 24.8 Å². The molecule has 0 spiro atoms. The molecule has 11 heteroatoms. The van der Waals surface area contributed by atoms with E-state index in [-0.39, 0.29) is 64.0 Å². The van der Waals surface area contributed by atoms with Crippen molar-refractivity contribution in [3.63, 3.8) is 0 Å². The average molecular weight is 547 g/mol. The van der Waals surface area contributed by atoms with Gasteiger partial charge < -0.3 is 15.3 Å². The molecule has 2 fully saturated rings. The number of halogens is 2. The van der Waals surface area contributed by atoms with E-state index in [1.165, 1.54) is 24.4 Å². The van der Waals surface area contributed by atoms with Gasteiger partial charge in [-0.15, -0.1) is 4.40 Å². The second-order valence-corrected chi connectivity index (χ2v) is 11.7. The number of nitrogens with zero attached hydrogens (tertiary/aromatic N) is 3. The van der Waals surface area contributed by atoms with Gasteiger partial charge in [-0.1, -0.05) is 12.1 Å². The first kappa shape index (κ1) is 21.7. The van der Waals surface area contributed by atoms with Gasteiger partial charge in [-0.3, -0.25) is 4.79 Å². The Bertz CT molecular complexity index is 1390. The van der Waals surface area contributed by atoms with Crippen LogP contribution in [0.1, 0.15) is 24.8 Å². The van der Waals surface area contributed by atoms with E-state index in [2.05, 4.69) is 30.6 Å². The highest BCUT2D eigenvalue weighted by atomic mass is 79.9. The number of fused-ring (bicyclic) bond motifs is 6. The molecular formula is C23H20BrFN4O4S. The Balaban J connectivity index is 1.45. The SMILES string of the molecule is O=C1C(C2=NS(=O)(=O)c3cc(Br)cnc3N2)=C(O)C2C([C@H]3CC[C@@H]2C3)N1Cc1ccc(F)cc1. The third-order valence-corrected chi connectivity index (χ3v) is 9.05. The molecule has 8 nitrogen and oxygen atoms in total. The maximum atomic E-state index is 13.8. The number of amides is 1. The molecule has 0 radical (unpaired) electrons.